The molecule has 0 atom stereocenters. The highest BCUT2D eigenvalue weighted by molar-refractivity contribution is 6.06. The number of carbonyl (C=O) groups excluding carboxylic acids is 1. The molecule has 10 heteroatoms. The van der Waals surface area contributed by atoms with Gasteiger partial charge < -0.3 is 5.73 Å². The average Bonchev–Trinajstić information content (AvgIpc) is 3.19. The Hall–Kier alpha value is -3.69. The summed E-state index contributed by atoms with van der Waals surface area (Å²) in [5, 5.41) is 4.21. The molecule has 170 valence electrons. The maximum Gasteiger partial charge on any atom is 0.330 e. The van der Waals surface area contributed by atoms with Crippen LogP contribution in [0, 0.1) is 17.7 Å². The molecular weight excluding hydrogens is 415 g/mol. The van der Waals surface area contributed by atoms with Crippen LogP contribution < -0.4 is 21.9 Å². The van der Waals surface area contributed by atoms with Crippen molar-refractivity contribution in [2.45, 2.75) is 34.2 Å². The van der Waals surface area contributed by atoms with Gasteiger partial charge in [-0.3, -0.25) is 24.0 Å². The van der Waals surface area contributed by atoms with Gasteiger partial charge in [-0.05, 0) is 30.0 Å². The van der Waals surface area contributed by atoms with E-state index in [1.165, 1.54) is 38.5 Å². The van der Waals surface area contributed by atoms with E-state index in [1.807, 2.05) is 27.7 Å². The lowest BCUT2D eigenvalue weighted by atomic mass is 10.1. The van der Waals surface area contributed by atoms with Gasteiger partial charge in [0.25, 0.3) is 11.5 Å². The first-order valence-electron chi connectivity index (χ1n) is 10.3. The molecule has 0 aliphatic heterocycles. The molecule has 3 N–H and O–H groups in total. The Balaban J connectivity index is 2.09. The third-order valence-corrected chi connectivity index (χ3v) is 4.73. The summed E-state index contributed by atoms with van der Waals surface area (Å²) >= 11 is 0. The summed E-state index contributed by atoms with van der Waals surface area (Å²) in [4.78, 5) is 41.9. The number of aromatic nitrogens is 4. The van der Waals surface area contributed by atoms with Crippen molar-refractivity contribution in [1.82, 2.24) is 19.3 Å². The fourth-order valence-corrected chi connectivity index (χ4v) is 3.37. The minimum atomic E-state index is -0.755. The number of aromatic amines is 1. The summed E-state index contributed by atoms with van der Waals surface area (Å²) < 4.78 is 16.6. The molecule has 2 heterocycles. The lowest BCUT2D eigenvalue weighted by molar-refractivity contribution is 0.0978. The number of nitrogen functional groups attached to an aromatic ring is 1. The topological polar surface area (TPSA) is 119 Å². The van der Waals surface area contributed by atoms with Crippen molar-refractivity contribution >= 4 is 17.4 Å². The summed E-state index contributed by atoms with van der Waals surface area (Å²) in [7, 11) is 0. The molecule has 2 aromatic heterocycles. The number of H-pyrrole nitrogens is 1. The molecule has 32 heavy (non-hydrogen) atoms. The lowest BCUT2D eigenvalue weighted by Gasteiger charge is -2.25. The molecule has 0 radical (unpaired) electrons. The number of rotatable bonds is 7. The van der Waals surface area contributed by atoms with E-state index in [9.17, 15) is 18.8 Å². The van der Waals surface area contributed by atoms with Crippen LogP contribution in [0.15, 0.2) is 46.1 Å². The van der Waals surface area contributed by atoms with Gasteiger partial charge >= 0.3 is 5.69 Å². The second-order valence-corrected chi connectivity index (χ2v) is 8.40. The zero-order chi connectivity index (χ0) is 23.6. The van der Waals surface area contributed by atoms with E-state index in [-0.39, 0.29) is 47.8 Å². The highest BCUT2D eigenvalue weighted by Crippen LogP contribution is 2.22. The maximum absolute atomic E-state index is 14.1. The first-order chi connectivity index (χ1) is 15.1. The van der Waals surface area contributed by atoms with Gasteiger partial charge in [0.05, 0.1) is 0 Å². The Kier molecular flexibility index (Phi) is 6.61. The first-order valence-corrected chi connectivity index (χ1v) is 10.3. The number of halogens is 1. The summed E-state index contributed by atoms with van der Waals surface area (Å²) in [5.74, 6) is -1.10. The molecule has 0 unspecified atom stereocenters. The largest absolute Gasteiger partial charge is 0.383 e. The monoisotopic (exact) mass is 442 g/mol. The van der Waals surface area contributed by atoms with E-state index in [0.717, 1.165) is 0 Å². The SMILES string of the molecule is CC(C)CN(C(=O)c1ccn(-c2ccccc2F)n1)c1c(N)n(CC(C)C)c(=O)[nH]c1=O. The molecular formula is C22H27FN6O3. The van der Waals surface area contributed by atoms with Gasteiger partial charge in [-0.15, -0.1) is 0 Å². The second-order valence-electron chi connectivity index (χ2n) is 8.40. The predicted octanol–water partition coefficient (Wildman–Crippen LogP) is 2.40. The van der Waals surface area contributed by atoms with E-state index in [1.54, 1.807) is 12.1 Å². The average molecular weight is 442 g/mol. The molecule has 3 aromatic rings. The van der Waals surface area contributed by atoms with Crippen LogP contribution in [0.2, 0.25) is 0 Å². The Morgan fingerprint density at radius 3 is 2.47 bits per heavy atom. The quantitative estimate of drug-likeness (QED) is 0.582. The molecule has 0 saturated heterocycles. The summed E-state index contributed by atoms with van der Waals surface area (Å²) in [6.07, 6.45) is 1.46. The van der Waals surface area contributed by atoms with Crippen molar-refractivity contribution in [3.63, 3.8) is 0 Å². The number of carbonyl (C=O) groups is 1. The summed E-state index contributed by atoms with van der Waals surface area (Å²) in [5.41, 5.74) is 4.91. The van der Waals surface area contributed by atoms with E-state index in [2.05, 4.69) is 10.1 Å². The molecule has 0 bridgehead atoms. The van der Waals surface area contributed by atoms with Crippen LogP contribution in [0.25, 0.3) is 5.69 Å². The molecule has 0 spiro atoms. The standard InChI is InChI=1S/C22H27FN6O3/c1-13(2)11-27(18-19(24)28(12-14(3)4)22(32)25-20(18)30)21(31)16-9-10-29(26-16)17-8-6-5-7-15(17)23/h5-10,13-14H,11-12,24H2,1-4H3,(H,25,30,32). The highest BCUT2D eigenvalue weighted by Gasteiger charge is 2.27. The Labute approximate surface area is 184 Å². The van der Waals surface area contributed by atoms with Gasteiger partial charge in [-0.1, -0.05) is 39.8 Å². The fraction of sp³-hybridized carbons (Fsp3) is 0.364. The van der Waals surface area contributed by atoms with Crippen LogP contribution in [0.5, 0.6) is 0 Å². The van der Waals surface area contributed by atoms with Crippen LogP contribution in [0.1, 0.15) is 38.2 Å². The minimum absolute atomic E-state index is 0.00862. The predicted molar refractivity (Wildman–Crippen MR) is 121 cm³/mol. The van der Waals surface area contributed by atoms with E-state index >= 15 is 0 Å². The Bertz CT molecular complexity index is 1240. The van der Waals surface area contributed by atoms with E-state index in [4.69, 9.17) is 5.73 Å². The molecule has 0 fully saturated rings. The number of hydrogen-bond donors (Lipinski definition) is 2. The molecule has 0 aliphatic carbocycles. The maximum atomic E-state index is 14.1. The van der Waals surface area contributed by atoms with Crippen molar-refractivity contribution in [3.8, 4) is 5.69 Å². The molecule has 0 aliphatic rings. The van der Waals surface area contributed by atoms with Gasteiger partial charge in [0.15, 0.2) is 11.4 Å². The normalized spacial score (nSPS) is 11.3. The first kappa shape index (κ1) is 23.0. The van der Waals surface area contributed by atoms with Crippen LogP contribution in [0.4, 0.5) is 15.9 Å². The van der Waals surface area contributed by atoms with Crippen molar-refractivity contribution in [2.24, 2.45) is 11.8 Å². The summed E-state index contributed by atoms with van der Waals surface area (Å²) in [6, 6.07) is 7.48. The molecule has 1 aromatic carbocycles. The third kappa shape index (κ3) is 4.63. The van der Waals surface area contributed by atoms with Crippen molar-refractivity contribution in [1.29, 1.82) is 0 Å². The zero-order valence-electron chi connectivity index (χ0n) is 18.5. The number of hydrogen-bond acceptors (Lipinski definition) is 5. The zero-order valence-corrected chi connectivity index (χ0v) is 18.5. The Morgan fingerprint density at radius 2 is 1.84 bits per heavy atom. The number of anilines is 2. The lowest BCUT2D eigenvalue weighted by Crippen LogP contribution is -2.43. The second kappa shape index (κ2) is 9.21. The number of amides is 1. The van der Waals surface area contributed by atoms with Gasteiger partial charge in [-0.25, -0.2) is 13.9 Å². The van der Waals surface area contributed by atoms with Gasteiger partial charge in [0.2, 0.25) is 0 Å². The third-order valence-electron chi connectivity index (χ3n) is 4.73. The van der Waals surface area contributed by atoms with E-state index < -0.39 is 23.0 Å². The smallest absolute Gasteiger partial charge is 0.330 e. The number of nitrogens with two attached hydrogens (primary N) is 1. The van der Waals surface area contributed by atoms with Crippen LogP contribution in [0.3, 0.4) is 0 Å². The van der Waals surface area contributed by atoms with E-state index in [0.29, 0.717) is 0 Å². The van der Waals surface area contributed by atoms with Crippen molar-refractivity contribution in [3.05, 3.63) is 68.9 Å². The number of benzene rings is 1. The molecule has 0 saturated carbocycles. The number of para-hydroxylation sites is 1. The van der Waals surface area contributed by atoms with Crippen LogP contribution in [-0.4, -0.2) is 31.8 Å². The number of nitrogens with one attached hydrogen (secondary N) is 1. The molecule has 1 amide bonds. The van der Waals surface area contributed by atoms with Crippen LogP contribution >= 0.6 is 0 Å². The fourth-order valence-electron chi connectivity index (χ4n) is 3.37. The minimum Gasteiger partial charge on any atom is -0.383 e. The Morgan fingerprint density at radius 1 is 1.16 bits per heavy atom. The van der Waals surface area contributed by atoms with Crippen molar-refractivity contribution < 1.29 is 9.18 Å². The summed E-state index contributed by atoms with van der Waals surface area (Å²) in [6.45, 7) is 8.02. The van der Waals surface area contributed by atoms with Crippen molar-refractivity contribution in [2.75, 3.05) is 17.2 Å². The number of nitrogens with zero attached hydrogens (tertiary/aromatic N) is 4. The van der Waals surface area contributed by atoms with Gasteiger partial charge in [-0.2, -0.15) is 5.10 Å². The highest BCUT2D eigenvalue weighted by atomic mass is 19.1. The molecule has 9 nitrogen and oxygen atoms in total. The molecule has 3 rings (SSSR count). The van der Waals surface area contributed by atoms with Crippen LogP contribution in [-0.2, 0) is 6.54 Å². The van der Waals surface area contributed by atoms with Gasteiger partial charge in [0.1, 0.15) is 17.3 Å². The van der Waals surface area contributed by atoms with Gasteiger partial charge in [0, 0.05) is 19.3 Å².